The Kier molecular flexibility index (Phi) is 6.63. The Bertz CT molecular complexity index is 739. The number of nitrogens with zero attached hydrogens (tertiary/aromatic N) is 3. The molecule has 1 fully saturated rings. The molecule has 3 rings (SSSR count). The fourth-order valence-corrected chi connectivity index (χ4v) is 3.58. The largest absolute Gasteiger partial charge is 0.351 e. The van der Waals surface area contributed by atoms with Crippen molar-refractivity contribution in [3.8, 4) is 5.69 Å². The summed E-state index contributed by atoms with van der Waals surface area (Å²) in [6.07, 6.45) is 5.07. The number of hydrogen-bond donors (Lipinski definition) is 2. The molecule has 0 bridgehead atoms. The van der Waals surface area contributed by atoms with Crippen LogP contribution in [0, 0.1) is 5.92 Å². The lowest BCUT2D eigenvalue weighted by Gasteiger charge is -2.22. The van der Waals surface area contributed by atoms with Crippen molar-refractivity contribution in [2.24, 2.45) is 5.92 Å². The second kappa shape index (κ2) is 9.14. The van der Waals surface area contributed by atoms with Crippen LogP contribution in [0.4, 0.5) is 0 Å². The summed E-state index contributed by atoms with van der Waals surface area (Å²) in [4.78, 5) is 12.6. The summed E-state index contributed by atoms with van der Waals surface area (Å²) in [6.45, 7) is 4.89. The highest BCUT2D eigenvalue weighted by Gasteiger charge is 2.20. The molecule has 2 aromatic rings. The van der Waals surface area contributed by atoms with Crippen LogP contribution < -0.4 is 10.6 Å². The standard InChI is InChI=1S/C19H26ClN5O/c1-2-5-17-18(19(26)22-11-9-14-6-4-10-21-13-14)23-24-25(17)16-8-3-7-15(20)12-16/h3,7-8,12,14,21H,2,4-6,9-11,13H2,1H3,(H,22,26). The maximum Gasteiger partial charge on any atom is 0.273 e. The molecule has 140 valence electrons. The lowest BCUT2D eigenvalue weighted by Crippen LogP contribution is -2.33. The number of nitrogens with one attached hydrogen (secondary N) is 2. The SMILES string of the molecule is CCCc1c(C(=O)NCCC2CCCNC2)nnn1-c1cccc(Cl)c1. The van der Waals surface area contributed by atoms with Gasteiger partial charge in [-0.25, -0.2) is 4.68 Å². The normalized spacial score (nSPS) is 17.2. The number of piperidine rings is 1. The van der Waals surface area contributed by atoms with Gasteiger partial charge in [0, 0.05) is 11.6 Å². The molecule has 1 unspecified atom stereocenters. The van der Waals surface area contributed by atoms with E-state index >= 15 is 0 Å². The molecule has 2 N–H and O–H groups in total. The van der Waals surface area contributed by atoms with Crippen molar-refractivity contribution in [3.05, 3.63) is 40.7 Å². The van der Waals surface area contributed by atoms with Gasteiger partial charge < -0.3 is 10.6 Å². The summed E-state index contributed by atoms with van der Waals surface area (Å²) in [6, 6.07) is 7.42. The number of hydrogen-bond acceptors (Lipinski definition) is 4. The van der Waals surface area contributed by atoms with Crippen molar-refractivity contribution < 1.29 is 4.79 Å². The number of amides is 1. The van der Waals surface area contributed by atoms with Crippen LogP contribution in [-0.4, -0.2) is 40.5 Å². The Morgan fingerprint density at radius 1 is 1.46 bits per heavy atom. The van der Waals surface area contributed by atoms with E-state index in [1.54, 1.807) is 4.68 Å². The Hall–Kier alpha value is -1.92. The highest BCUT2D eigenvalue weighted by atomic mass is 35.5. The Morgan fingerprint density at radius 3 is 3.08 bits per heavy atom. The predicted octanol–water partition coefficient (Wildman–Crippen LogP) is 2.99. The molecule has 26 heavy (non-hydrogen) atoms. The van der Waals surface area contributed by atoms with Crippen LogP contribution in [0.15, 0.2) is 24.3 Å². The van der Waals surface area contributed by atoms with Gasteiger partial charge in [-0.3, -0.25) is 4.79 Å². The lowest BCUT2D eigenvalue weighted by atomic mass is 9.96. The number of carbonyl (C=O) groups excluding carboxylic acids is 1. The maximum atomic E-state index is 12.6. The minimum absolute atomic E-state index is 0.148. The number of halogens is 1. The van der Waals surface area contributed by atoms with Crippen molar-refractivity contribution >= 4 is 17.5 Å². The van der Waals surface area contributed by atoms with E-state index in [0.29, 0.717) is 23.2 Å². The second-order valence-corrected chi connectivity index (χ2v) is 7.22. The first-order valence-corrected chi connectivity index (χ1v) is 9.76. The molecular weight excluding hydrogens is 350 g/mol. The maximum absolute atomic E-state index is 12.6. The van der Waals surface area contributed by atoms with Gasteiger partial charge >= 0.3 is 0 Å². The molecule has 1 aliphatic heterocycles. The quantitative estimate of drug-likeness (QED) is 0.780. The highest BCUT2D eigenvalue weighted by molar-refractivity contribution is 6.30. The zero-order valence-electron chi connectivity index (χ0n) is 15.2. The predicted molar refractivity (Wildman–Crippen MR) is 103 cm³/mol. The average Bonchev–Trinajstić information content (AvgIpc) is 3.07. The zero-order chi connectivity index (χ0) is 18.4. The van der Waals surface area contributed by atoms with E-state index in [9.17, 15) is 4.79 Å². The van der Waals surface area contributed by atoms with Crippen molar-refractivity contribution in [1.29, 1.82) is 0 Å². The first kappa shape index (κ1) is 18.9. The minimum atomic E-state index is -0.148. The van der Waals surface area contributed by atoms with E-state index in [-0.39, 0.29) is 5.91 Å². The van der Waals surface area contributed by atoms with Gasteiger partial charge in [-0.2, -0.15) is 0 Å². The van der Waals surface area contributed by atoms with E-state index in [1.165, 1.54) is 12.8 Å². The van der Waals surface area contributed by atoms with E-state index < -0.39 is 0 Å². The summed E-state index contributed by atoms with van der Waals surface area (Å²) in [5.74, 6) is 0.492. The Morgan fingerprint density at radius 2 is 2.35 bits per heavy atom. The van der Waals surface area contributed by atoms with Gasteiger partial charge in [-0.1, -0.05) is 36.2 Å². The van der Waals surface area contributed by atoms with Gasteiger partial charge in [0.1, 0.15) is 0 Å². The summed E-state index contributed by atoms with van der Waals surface area (Å²) in [5.41, 5.74) is 2.06. The lowest BCUT2D eigenvalue weighted by molar-refractivity contribution is 0.0944. The monoisotopic (exact) mass is 375 g/mol. The molecule has 6 nitrogen and oxygen atoms in total. The van der Waals surface area contributed by atoms with Crippen molar-refractivity contribution in [3.63, 3.8) is 0 Å². The van der Waals surface area contributed by atoms with Gasteiger partial charge in [-0.15, -0.1) is 5.10 Å². The molecule has 0 radical (unpaired) electrons. The van der Waals surface area contributed by atoms with Crippen LogP contribution in [0.2, 0.25) is 5.02 Å². The van der Waals surface area contributed by atoms with Gasteiger partial charge in [-0.05, 0) is 62.9 Å². The van der Waals surface area contributed by atoms with E-state index in [0.717, 1.165) is 43.7 Å². The fourth-order valence-electron chi connectivity index (χ4n) is 3.40. The van der Waals surface area contributed by atoms with Gasteiger partial charge in [0.25, 0.3) is 5.91 Å². The molecule has 0 aliphatic carbocycles. The number of aromatic nitrogens is 3. The molecule has 0 spiro atoms. The third kappa shape index (κ3) is 4.62. The van der Waals surface area contributed by atoms with E-state index in [2.05, 4.69) is 27.9 Å². The summed E-state index contributed by atoms with van der Waals surface area (Å²) in [5, 5.41) is 15.4. The third-order valence-electron chi connectivity index (χ3n) is 4.75. The van der Waals surface area contributed by atoms with Crippen LogP contribution in [0.25, 0.3) is 5.69 Å². The average molecular weight is 376 g/mol. The number of rotatable bonds is 7. The second-order valence-electron chi connectivity index (χ2n) is 6.78. The molecule has 1 atom stereocenters. The molecule has 1 aromatic heterocycles. The molecule has 1 aromatic carbocycles. The minimum Gasteiger partial charge on any atom is -0.351 e. The van der Waals surface area contributed by atoms with Crippen LogP contribution in [-0.2, 0) is 6.42 Å². The number of carbonyl (C=O) groups is 1. The summed E-state index contributed by atoms with van der Waals surface area (Å²) < 4.78 is 1.72. The summed E-state index contributed by atoms with van der Waals surface area (Å²) in [7, 11) is 0. The molecule has 1 saturated heterocycles. The van der Waals surface area contributed by atoms with Gasteiger partial charge in [0.05, 0.1) is 11.4 Å². The van der Waals surface area contributed by atoms with Crippen molar-refractivity contribution in [1.82, 2.24) is 25.6 Å². The fraction of sp³-hybridized carbons (Fsp3) is 0.526. The van der Waals surface area contributed by atoms with Crippen LogP contribution in [0.1, 0.15) is 48.8 Å². The first-order chi connectivity index (χ1) is 12.7. The molecule has 2 heterocycles. The van der Waals surface area contributed by atoms with Crippen LogP contribution >= 0.6 is 11.6 Å². The highest BCUT2D eigenvalue weighted by Crippen LogP contribution is 2.19. The van der Waals surface area contributed by atoms with Crippen molar-refractivity contribution in [2.75, 3.05) is 19.6 Å². The topological polar surface area (TPSA) is 71.8 Å². The smallest absolute Gasteiger partial charge is 0.273 e. The first-order valence-electron chi connectivity index (χ1n) is 9.38. The van der Waals surface area contributed by atoms with Crippen LogP contribution in [0.3, 0.4) is 0 Å². The third-order valence-corrected chi connectivity index (χ3v) is 4.99. The zero-order valence-corrected chi connectivity index (χ0v) is 15.9. The molecule has 0 saturated carbocycles. The van der Waals surface area contributed by atoms with Gasteiger partial charge in [0.2, 0.25) is 0 Å². The summed E-state index contributed by atoms with van der Waals surface area (Å²) >= 11 is 6.09. The van der Waals surface area contributed by atoms with E-state index in [4.69, 9.17) is 11.6 Å². The Labute approximate surface area is 159 Å². The number of benzene rings is 1. The van der Waals surface area contributed by atoms with Gasteiger partial charge in [0.15, 0.2) is 5.69 Å². The molecule has 1 amide bonds. The molecule has 7 heteroatoms. The van der Waals surface area contributed by atoms with Crippen LogP contribution in [0.5, 0.6) is 0 Å². The molecule has 1 aliphatic rings. The molecular formula is C19H26ClN5O. The van der Waals surface area contributed by atoms with Crippen molar-refractivity contribution in [2.45, 2.75) is 39.0 Å². The Balaban J connectivity index is 1.69. The van der Waals surface area contributed by atoms with E-state index in [1.807, 2.05) is 24.3 Å².